The van der Waals surface area contributed by atoms with Crippen molar-refractivity contribution in [3.63, 3.8) is 0 Å². The third-order valence-corrected chi connectivity index (χ3v) is 2.78. The second-order valence-electron chi connectivity index (χ2n) is 4.02. The molecule has 104 valence electrons. The maximum atomic E-state index is 11.8. The smallest absolute Gasteiger partial charge is 0.325 e. The highest BCUT2D eigenvalue weighted by Gasteiger charge is 2.34. The fraction of sp³-hybridized carbons (Fsp3) is 0.700. The molecular weight excluding hydrogens is 306 g/mol. The Kier molecular flexibility index (Phi) is 6.85. The van der Waals surface area contributed by atoms with Gasteiger partial charge < -0.3 is 21.1 Å². The molecule has 8 heteroatoms. The number of carboxylic acid groups (broad SMARTS) is 1. The van der Waals surface area contributed by atoms with Crippen LogP contribution in [0.15, 0.2) is 0 Å². The topological polar surface area (TPSA) is 113 Å². The zero-order valence-electron chi connectivity index (χ0n) is 10.1. The zero-order chi connectivity index (χ0) is 13.0. The lowest BCUT2D eigenvalue weighted by Gasteiger charge is -2.24. The van der Waals surface area contributed by atoms with Crippen LogP contribution in [0, 0.1) is 0 Å². The second-order valence-corrected chi connectivity index (χ2v) is 4.02. The number of hydrogen-bond acceptors (Lipinski definition) is 4. The Morgan fingerprint density at radius 3 is 2.61 bits per heavy atom. The van der Waals surface area contributed by atoms with Crippen LogP contribution in [-0.2, 0) is 14.4 Å². The monoisotopic (exact) mass is 323 g/mol. The highest BCUT2D eigenvalue weighted by molar-refractivity contribution is 8.93. The van der Waals surface area contributed by atoms with E-state index in [1.54, 1.807) is 0 Å². The molecule has 0 spiro atoms. The number of amides is 2. The molecule has 4 N–H and O–H groups in total. The van der Waals surface area contributed by atoms with E-state index >= 15 is 0 Å². The van der Waals surface area contributed by atoms with Gasteiger partial charge in [0.25, 0.3) is 0 Å². The highest BCUT2D eigenvalue weighted by atomic mass is 79.9. The summed E-state index contributed by atoms with van der Waals surface area (Å²) in [5.74, 6) is -1.82. The number of aliphatic carboxylic acids is 1. The van der Waals surface area contributed by atoms with Crippen molar-refractivity contribution >= 4 is 34.8 Å². The highest BCUT2D eigenvalue weighted by Crippen LogP contribution is 2.17. The van der Waals surface area contributed by atoms with Crippen LogP contribution in [0.1, 0.15) is 19.8 Å². The van der Waals surface area contributed by atoms with Gasteiger partial charge in [-0.05, 0) is 19.8 Å². The summed E-state index contributed by atoms with van der Waals surface area (Å²) in [5.41, 5.74) is 5.25. The maximum Gasteiger partial charge on any atom is 0.325 e. The first kappa shape index (κ1) is 16.9. The van der Waals surface area contributed by atoms with Crippen molar-refractivity contribution in [3.8, 4) is 0 Å². The minimum atomic E-state index is -1.10. The van der Waals surface area contributed by atoms with Gasteiger partial charge >= 0.3 is 5.97 Å². The molecule has 18 heavy (non-hydrogen) atoms. The van der Waals surface area contributed by atoms with Crippen molar-refractivity contribution in [2.45, 2.75) is 31.8 Å². The predicted molar refractivity (Wildman–Crippen MR) is 69.4 cm³/mol. The largest absolute Gasteiger partial charge is 0.480 e. The van der Waals surface area contributed by atoms with E-state index < -0.39 is 24.0 Å². The Balaban J connectivity index is 0.00000289. The maximum absolute atomic E-state index is 11.8. The van der Waals surface area contributed by atoms with E-state index in [4.69, 9.17) is 10.8 Å². The lowest BCUT2D eigenvalue weighted by atomic mass is 10.2. The lowest BCUT2D eigenvalue weighted by molar-refractivity contribution is -0.143. The summed E-state index contributed by atoms with van der Waals surface area (Å²) in [6.07, 6.45) is 1.27. The van der Waals surface area contributed by atoms with E-state index in [0.717, 1.165) is 6.42 Å². The van der Waals surface area contributed by atoms with Crippen molar-refractivity contribution in [2.75, 3.05) is 13.1 Å². The summed E-state index contributed by atoms with van der Waals surface area (Å²) in [6, 6.07) is -1.55. The van der Waals surface area contributed by atoms with Crippen molar-refractivity contribution in [3.05, 3.63) is 0 Å². The van der Waals surface area contributed by atoms with Gasteiger partial charge in [-0.2, -0.15) is 0 Å². The van der Waals surface area contributed by atoms with Crippen LogP contribution in [0.5, 0.6) is 0 Å². The zero-order valence-corrected chi connectivity index (χ0v) is 11.8. The number of likely N-dealkylation sites (tertiary alicyclic amines) is 1. The standard InChI is InChI=1S/C10H17N3O4.BrH/c1-6(10(16)17)12-9(15)7-3-2-4-13(7)8(14)5-11;/h6-7H,2-5,11H2,1H3,(H,12,15)(H,16,17);1H/t6-,7-;/m0./s1. The Morgan fingerprint density at radius 2 is 2.11 bits per heavy atom. The second kappa shape index (κ2) is 7.32. The Morgan fingerprint density at radius 1 is 1.50 bits per heavy atom. The van der Waals surface area contributed by atoms with Crippen molar-refractivity contribution < 1.29 is 19.5 Å². The summed E-state index contributed by atoms with van der Waals surface area (Å²) in [4.78, 5) is 35.2. The molecule has 1 fully saturated rings. The van der Waals surface area contributed by atoms with Gasteiger partial charge in [0.2, 0.25) is 11.8 Å². The third kappa shape index (κ3) is 3.95. The number of halogens is 1. The minimum absolute atomic E-state index is 0. The van der Waals surface area contributed by atoms with Gasteiger partial charge in [-0.1, -0.05) is 0 Å². The van der Waals surface area contributed by atoms with Gasteiger partial charge in [-0.3, -0.25) is 14.4 Å². The summed E-state index contributed by atoms with van der Waals surface area (Å²) >= 11 is 0. The van der Waals surface area contributed by atoms with Crippen LogP contribution in [0.3, 0.4) is 0 Å². The van der Waals surface area contributed by atoms with E-state index in [-0.39, 0.29) is 29.4 Å². The molecule has 0 radical (unpaired) electrons. The van der Waals surface area contributed by atoms with E-state index in [1.165, 1.54) is 11.8 Å². The SMILES string of the molecule is Br.C[C@H](NC(=O)[C@@H]1CCCN1C(=O)CN)C(=O)O. The van der Waals surface area contributed by atoms with E-state index in [2.05, 4.69) is 5.32 Å². The normalized spacial score (nSPS) is 19.9. The first-order chi connectivity index (χ1) is 7.97. The number of carboxylic acids is 1. The summed E-state index contributed by atoms with van der Waals surface area (Å²) in [7, 11) is 0. The number of carbonyl (C=O) groups is 3. The molecule has 0 aromatic carbocycles. The third-order valence-electron chi connectivity index (χ3n) is 2.78. The fourth-order valence-electron chi connectivity index (χ4n) is 1.83. The molecule has 2 atom stereocenters. The Labute approximate surface area is 115 Å². The van der Waals surface area contributed by atoms with Crippen molar-refractivity contribution in [1.82, 2.24) is 10.2 Å². The molecule has 7 nitrogen and oxygen atoms in total. The van der Waals surface area contributed by atoms with Gasteiger partial charge in [0.15, 0.2) is 0 Å². The minimum Gasteiger partial charge on any atom is -0.480 e. The average Bonchev–Trinajstić information content (AvgIpc) is 2.76. The molecule has 0 bridgehead atoms. The van der Waals surface area contributed by atoms with E-state index in [9.17, 15) is 14.4 Å². The molecule has 1 rings (SSSR count). The molecule has 2 amide bonds. The molecule has 1 saturated heterocycles. The number of hydrogen-bond donors (Lipinski definition) is 3. The average molecular weight is 324 g/mol. The predicted octanol–water partition coefficient (Wildman–Crippen LogP) is -0.897. The van der Waals surface area contributed by atoms with Gasteiger partial charge in [0.05, 0.1) is 6.54 Å². The van der Waals surface area contributed by atoms with Crippen LogP contribution in [0.4, 0.5) is 0 Å². The van der Waals surface area contributed by atoms with Gasteiger partial charge in [-0.25, -0.2) is 0 Å². The number of carbonyl (C=O) groups excluding carboxylic acids is 2. The first-order valence-electron chi connectivity index (χ1n) is 5.50. The van der Waals surface area contributed by atoms with Crippen LogP contribution in [-0.4, -0.2) is 53.0 Å². The van der Waals surface area contributed by atoms with Gasteiger partial charge in [-0.15, -0.1) is 17.0 Å². The van der Waals surface area contributed by atoms with Crippen LogP contribution in [0.25, 0.3) is 0 Å². The molecule has 0 aliphatic carbocycles. The molecular formula is C10H18BrN3O4. The van der Waals surface area contributed by atoms with Gasteiger partial charge in [0, 0.05) is 6.54 Å². The molecule has 0 saturated carbocycles. The van der Waals surface area contributed by atoms with Crippen LogP contribution >= 0.6 is 17.0 Å². The van der Waals surface area contributed by atoms with Crippen molar-refractivity contribution in [2.24, 2.45) is 5.73 Å². The molecule has 1 aliphatic heterocycles. The van der Waals surface area contributed by atoms with Crippen molar-refractivity contribution in [1.29, 1.82) is 0 Å². The first-order valence-corrected chi connectivity index (χ1v) is 5.50. The van der Waals surface area contributed by atoms with Gasteiger partial charge in [0.1, 0.15) is 12.1 Å². The number of rotatable bonds is 4. The Hall–Kier alpha value is -1.15. The molecule has 1 aliphatic rings. The summed E-state index contributed by atoms with van der Waals surface area (Å²) in [6.45, 7) is 1.73. The quantitative estimate of drug-likeness (QED) is 0.620. The summed E-state index contributed by atoms with van der Waals surface area (Å²) in [5, 5.41) is 11.0. The number of nitrogens with one attached hydrogen (secondary N) is 1. The molecule has 1 heterocycles. The molecule has 0 unspecified atom stereocenters. The van der Waals surface area contributed by atoms with Crippen LogP contribution in [0.2, 0.25) is 0 Å². The summed E-state index contributed by atoms with van der Waals surface area (Å²) < 4.78 is 0. The Bertz CT molecular complexity index is 337. The van der Waals surface area contributed by atoms with E-state index in [1.807, 2.05) is 0 Å². The fourth-order valence-corrected chi connectivity index (χ4v) is 1.83. The number of nitrogens with two attached hydrogens (primary N) is 1. The van der Waals surface area contributed by atoms with E-state index in [0.29, 0.717) is 13.0 Å². The number of nitrogens with zero attached hydrogens (tertiary/aromatic N) is 1. The van der Waals surface area contributed by atoms with Crippen LogP contribution < -0.4 is 11.1 Å². The molecule has 0 aromatic heterocycles. The lowest BCUT2D eigenvalue weighted by Crippen LogP contribution is -2.51. The molecule has 0 aromatic rings.